The molecule has 5 rings (SSSR count). The van der Waals surface area contributed by atoms with Crippen molar-refractivity contribution in [2.24, 2.45) is 0 Å². The molecule has 3 heterocycles. The number of piperidine rings is 1. The van der Waals surface area contributed by atoms with Crippen molar-refractivity contribution >= 4 is 23.2 Å². The van der Waals surface area contributed by atoms with Crippen molar-refractivity contribution in [3.8, 4) is 5.75 Å². The van der Waals surface area contributed by atoms with Crippen molar-refractivity contribution in [3.05, 3.63) is 59.1 Å². The maximum absolute atomic E-state index is 13.3. The zero-order chi connectivity index (χ0) is 21.4. The van der Waals surface area contributed by atoms with Gasteiger partial charge < -0.3 is 14.5 Å². The summed E-state index contributed by atoms with van der Waals surface area (Å²) >= 11 is 6.22. The van der Waals surface area contributed by atoms with E-state index in [1.165, 1.54) is 5.56 Å². The van der Waals surface area contributed by atoms with Crippen molar-refractivity contribution < 1.29 is 9.53 Å². The van der Waals surface area contributed by atoms with Gasteiger partial charge in [0.15, 0.2) is 0 Å². The average Bonchev–Trinajstić information content (AvgIpc) is 3.37. The predicted octanol–water partition coefficient (Wildman–Crippen LogP) is 3.85. The van der Waals surface area contributed by atoms with Crippen LogP contribution in [-0.4, -0.2) is 67.1 Å². The quantitative estimate of drug-likeness (QED) is 0.685. The van der Waals surface area contributed by atoms with E-state index in [1.807, 2.05) is 17.0 Å². The molecular formula is C25H30ClN3O2. The second-order valence-corrected chi connectivity index (χ2v) is 9.37. The third-order valence-corrected chi connectivity index (χ3v) is 7.43. The summed E-state index contributed by atoms with van der Waals surface area (Å²) in [5.41, 5.74) is 2.21. The molecule has 1 amide bonds. The summed E-state index contributed by atoms with van der Waals surface area (Å²) in [5, 5.41) is 0.631. The summed E-state index contributed by atoms with van der Waals surface area (Å²) < 4.78 is 5.51. The molecule has 3 aliphatic heterocycles. The van der Waals surface area contributed by atoms with Gasteiger partial charge in [0, 0.05) is 24.2 Å². The molecule has 2 bridgehead atoms. The number of hydrogen-bond acceptors (Lipinski definition) is 4. The number of halogens is 1. The van der Waals surface area contributed by atoms with Crippen molar-refractivity contribution in [3.63, 3.8) is 0 Å². The number of fused-ring (bicyclic) bond motifs is 2. The van der Waals surface area contributed by atoms with E-state index in [1.54, 1.807) is 13.2 Å². The molecule has 2 aromatic carbocycles. The first-order valence-electron chi connectivity index (χ1n) is 11.3. The number of carbonyl (C=O) groups is 1. The number of ether oxygens (including phenoxy) is 1. The highest BCUT2D eigenvalue weighted by Crippen LogP contribution is 2.42. The third kappa shape index (κ3) is 4.07. The Hall–Kier alpha value is -2.08. The number of carbonyl (C=O) groups excluding carboxylic acids is 1. The lowest BCUT2D eigenvalue weighted by molar-refractivity contribution is -0.124. The summed E-state index contributed by atoms with van der Waals surface area (Å²) in [6.45, 7) is 4.29. The molecule has 5 nitrogen and oxygen atoms in total. The Morgan fingerprint density at radius 1 is 1.06 bits per heavy atom. The van der Waals surface area contributed by atoms with E-state index in [0.29, 0.717) is 16.8 Å². The van der Waals surface area contributed by atoms with Gasteiger partial charge in [0.25, 0.3) is 0 Å². The molecule has 31 heavy (non-hydrogen) atoms. The molecule has 0 radical (unpaired) electrons. The largest absolute Gasteiger partial charge is 0.495 e. The monoisotopic (exact) mass is 439 g/mol. The number of anilines is 1. The smallest absolute Gasteiger partial charge is 0.244 e. The highest BCUT2D eigenvalue weighted by molar-refractivity contribution is 6.31. The molecule has 2 atom stereocenters. The number of hydrogen-bond donors (Lipinski definition) is 0. The maximum Gasteiger partial charge on any atom is 0.244 e. The Labute approximate surface area is 189 Å². The Kier molecular flexibility index (Phi) is 5.91. The van der Waals surface area contributed by atoms with Crippen LogP contribution in [0.4, 0.5) is 5.69 Å². The van der Waals surface area contributed by atoms with Crippen LogP contribution in [0.5, 0.6) is 5.75 Å². The summed E-state index contributed by atoms with van der Waals surface area (Å²) in [7, 11) is 1.64. The van der Waals surface area contributed by atoms with E-state index in [2.05, 4.69) is 40.1 Å². The lowest BCUT2D eigenvalue weighted by Crippen LogP contribution is -2.56. The van der Waals surface area contributed by atoms with E-state index in [-0.39, 0.29) is 18.0 Å². The fourth-order valence-corrected chi connectivity index (χ4v) is 5.75. The highest BCUT2D eigenvalue weighted by Gasteiger charge is 2.52. The number of benzene rings is 2. The van der Waals surface area contributed by atoms with Crippen molar-refractivity contribution in [1.82, 2.24) is 9.80 Å². The van der Waals surface area contributed by atoms with Crippen molar-refractivity contribution in [2.45, 2.75) is 43.8 Å². The number of amides is 1. The summed E-state index contributed by atoms with van der Waals surface area (Å²) in [5.74, 6) is 0.909. The molecule has 0 aromatic heterocycles. The van der Waals surface area contributed by atoms with E-state index in [4.69, 9.17) is 16.3 Å². The molecule has 6 heteroatoms. The topological polar surface area (TPSA) is 36.0 Å². The van der Waals surface area contributed by atoms with Crippen molar-refractivity contribution in [2.75, 3.05) is 38.2 Å². The SMILES string of the molecule is COc1ccc(Cl)cc1N1C(=O)[C@@H]2C[C@H]1CN2C1CCN(CCc2ccccc2)CC1. The summed E-state index contributed by atoms with van der Waals surface area (Å²) in [6.07, 6.45) is 4.30. The van der Waals surface area contributed by atoms with E-state index >= 15 is 0 Å². The van der Waals surface area contributed by atoms with Crippen LogP contribution < -0.4 is 9.64 Å². The Morgan fingerprint density at radius 2 is 1.84 bits per heavy atom. The fraction of sp³-hybridized carbons (Fsp3) is 0.480. The van der Waals surface area contributed by atoms with Crippen LogP contribution in [0.15, 0.2) is 48.5 Å². The van der Waals surface area contributed by atoms with Crippen LogP contribution in [0.1, 0.15) is 24.8 Å². The molecule has 3 saturated heterocycles. The molecule has 0 unspecified atom stereocenters. The number of nitrogens with zero attached hydrogens (tertiary/aromatic N) is 3. The lowest BCUT2D eigenvalue weighted by atomic mass is 10.0. The first-order valence-corrected chi connectivity index (χ1v) is 11.7. The minimum atomic E-state index is -0.00504. The molecule has 0 saturated carbocycles. The zero-order valence-electron chi connectivity index (χ0n) is 18.0. The molecule has 3 fully saturated rings. The van der Waals surface area contributed by atoms with Gasteiger partial charge in [-0.1, -0.05) is 41.9 Å². The van der Waals surface area contributed by atoms with Gasteiger partial charge in [0.2, 0.25) is 5.91 Å². The number of piperazine rings is 1. The molecular weight excluding hydrogens is 410 g/mol. The van der Waals surface area contributed by atoms with Crippen LogP contribution >= 0.6 is 11.6 Å². The number of rotatable bonds is 6. The Bertz CT molecular complexity index is 930. The molecule has 3 aliphatic rings. The van der Waals surface area contributed by atoms with Gasteiger partial charge in [-0.05, 0) is 62.5 Å². The number of methoxy groups -OCH3 is 1. The average molecular weight is 440 g/mol. The third-order valence-electron chi connectivity index (χ3n) is 7.19. The van der Waals surface area contributed by atoms with Gasteiger partial charge in [-0.25, -0.2) is 0 Å². The van der Waals surface area contributed by atoms with Gasteiger partial charge in [0.1, 0.15) is 5.75 Å². The van der Waals surface area contributed by atoms with Crippen LogP contribution in [0.3, 0.4) is 0 Å². The van der Waals surface area contributed by atoms with E-state index in [9.17, 15) is 4.79 Å². The van der Waals surface area contributed by atoms with Gasteiger partial charge in [-0.3, -0.25) is 9.69 Å². The van der Waals surface area contributed by atoms with E-state index < -0.39 is 0 Å². The van der Waals surface area contributed by atoms with Gasteiger partial charge in [0.05, 0.1) is 24.9 Å². The predicted molar refractivity (Wildman–Crippen MR) is 124 cm³/mol. The second kappa shape index (κ2) is 8.81. The molecule has 164 valence electrons. The molecule has 0 spiro atoms. The lowest BCUT2D eigenvalue weighted by Gasteiger charge is -2.42. The van der Waals surface area contributed by atoms with Crippen LogP contribution in [-0.2, 0) is 11.2 Å². The first-order chi connectivity index (χ1) is 15.1. The number of likely N-dealkylation sites (tertiary alicyclic amines) is 2. The first kappa shape index (κ1) is 20.8. The van der Waals surface area contributed by atoms with Crippen LogP contribution in [0.2, 0.25) is 5.02 Å². The zero-order valence-corrected chi connectivity index (χ0v) is 18.8. The Morgan fingerprint density at radius 3 is 2.55 bits per heavy atom. The fourth-order valence-electron chi connectivity index (χ4n) is 5.59. The molecule has 0 aliphatic carbocycles. The highest BCUT2D eigenvalue weighted by atomic mass is 35.5. The van der Waals surface area contributed by atoms with Crippen LogP contribution in [0.25, 0.3) is 0 Å². The molecule has 0 N–H and O–H groups in total. The minimum absolute atomic E-state index is 0.00504. The van der Waals surface area contributed by atoms with E-state index in [0.717, 1.165) is 57.5 Å². The maximum atomic E-state index is 13.3. The minimum Gasteiger partial charge on any atom is -0.495 e. The van der Waals surface area contributed by atoms with Crippen LogP contribution in [0, 0.1) is 0 Å². The summed E-state index contributed by atoms with van der Waals surface area (Å²) in [4.78, 5) is 20.3. The normalized spacial score (nSPS) is 24.8. The second-order valence-electron chi connectivity index (χ2n) is 8.93. The standard InChI is InChI=1S/C25H30ClN3O2/c1-31-24-8-7-19(26)15-22(24)29-21-16-23(25(29)30)28(17-21)20-10-13-27(14-11-20)12-9-18-5-3-2-4-6-18/h2-8,15,20-21,23H,9-14,16-17H2,1H3/t21-,23-/m0/s1. The molecule has 2 aromatic rings. The Balaban J connectivity index is 1.19. The van der Waals surface area contributed by atoms with Gasteiger partial charge in [-0.15, -0.1) is 0 Å². The van der Waals surface area contributed by atoms with Crippen molar-refractivity contribution in [1.29, 1.82) is 0 Å². The van der Waals surface area contributed by atoms with Gasteiger partial charge >= 0.3 is 0 Å². The summed E-state index contributed by atoms with van der Waals surface area (Å²) in [6, 6.07) is 16.9. The van der Waals surface area contributed by atoms with Gasteiger partial charge in [-0.2, -0.15) is 0 Å².